The smallest absolute Gasteiger partial charge is 0.0998 e. The van der Waals surface area contributed by atoms with E-state index in [1.807, 2.05) is 54.6 Å². The van der Waals surface area contributed by atoms with Gasteiger partial charge < -0.3 is 19.6 Å². The van der Waals surface area contributed by atoms with Crippen LogP contribution in [0.3, 0.4) is 0 Å². The molecule has 0 radical (unpaired) electrons. The lowest BCUT2D eigenvalue weighted by molar-refractivity contribution is 0.119. The lowest BCUT2D eigenvalue weighted by Gasteiger charge is -2.27. The number of methoxy groups -OCH3 is 1. The Morgan fingerprint density at radius 1 is 0.800 bits per heavy atom. The fourth-order valence-electron chi connectivity index (χ4n) is 6.34. The Morgan fingerprint density at radius 2 is 1.32 bits per heavy atom. The van der Waals surface area contributed by atoms with E-state index in [9.17, 15) is 15.6 Å². The Hall–Kier alpha value is -4.10. The molecule has 4 aromatic carbocycles. The number of nitrogens with zero attached hydrogens (tertiary/aromatic N) is 4. The molecule has 0 saturated carbocycles. The minimum atomic E-state index is 0.242. The number of hydrogen-bond donors (Lipinski definition) is 1. The van der Waals surface area contributed by atoms with Gasteiger partial charge in [-0.1, -0.05) is 48.5 Å². The van der Waals surface area contributed by atoms with Crippen molar-refractivity contribution in [1.82, 2.24) is 0 Å². The molecule has 0 aromatic heterocycles. The Balaban J connectivity index is 0.000000161. The van der Waals surface area contributed by atoms with Gasteiger partial charge >= 0.3 is 0 Å². The van der Waals surface area contributed by atoms with E-state index in [2.05, 4.69) is 54.0 Å². The summed E-state index contributed by atoms with van der Waals surface area (Å²) in [6.07, 6.45) is 2.36. The highest BCUT2D eigenvalue weighted by Gasteiger charge is 2.31. The van der Waals surface area contributed by atoms with Crippen LogP contribution >= 0.6 is 0 Å². The maximum atomic E-state index is 9.43. The van der Waals surface area contributed by atoms with Crippen LogP contribution in [0.1, 0.15) is 37.8 Å². The van der Waals surface area contributed by atoms with Crippen molar-refractivity contribution in [3.63, 3.8) is 0 Å². The van der Waals surface area contributed by atoms with Gasteiger partial charge in [-0.25, -0.2) is 0 Å². The predicted molar refractivity (Wildman–Crippen MR) is 162 cm³/mol. The molecule has 0 amide bonds. The first-order chi connectivity index (χ1) is 19.5. The molecule has 0 spiro atoms. The van der Waals surface area contributed by atoms with Crippen LogP contribution in [0.25, 0.3) is 21.5 Å². The Morgan fingerprint density at radius 3 is 1.77 bits per heavy atom. The van der Waals surface area contributed by atoms with Gasteiger partial charge in [0.1, 0.15) is 0 Å². The standard InChI is InChI=1S/2C17H18N2O/c1-12-9-14(20-2)11-19(12)17-8-7-13(10-18)15-5-3-4-6-16(15)17;1-12-14(11-20)8-9-19(12)17-7-6-13(10-18)15-4-2-3-5-16(15)17/h3-8,12,14H,9,11H2,1-2H3;2-7,12,14,20H,8-9,11H2,1H3. The zero-order chi connectivity index (χ0) is 28.2. The molecule has 4 aromatic rings. The van der Waals surface area contributed by atoms with Crippen molar-refractivity contribution in [3.05, 3.63) is 83.9 Å². The number of ether oxygens (including phenoxy) is 1. The second kappa shape index (κ2) is 12.0. The Kier molecular flexibility index (Phi) is 8.21. The lowest BCUT2D eigenvalue weighted by Crippen LogP contribution is -2.31. The van der Waals surface area contributed by atoms with Crippen LogP contribution in [-0.2, 0) is 4.74 Å². The molecule has 0 bridgehead atoms. The van der Waals surface area contributed by atoms with Crippen molar-refractivity contribution < 1.29 is 9.84 Å². The number of aliphatic hydroxyl groups is 1. The van der Waals surface area contributed by atoms with Crippen molar-refractivity contribution in [1.29, 1.82) is 10.5 Å². The van der Waals surface area contributed by atoms with Crippen molar-refractivity contribution in [2.45, 2.75) is 44.9 Å². The van der Waals surface area contributed by atoms with Crippen LogP contribution in [0.4, 0.5) is 11.4 Å². The van der Waals surface area contributed by atoms with E-state index in [1.165, 1.54) is 11.4 Å². The summed E-state index contributed by atoms with van der Waals surface area (Å²) in [6.45, 7) is 6.51. The molecular formula is C34H36N4O2. The lowest BCUT2D eigenvalue weighted by atomic mass is 10.0. The summed E-state index contributed by atoms with van der Waals surface area (Å²) in [5, 5.41) is 32.2. The van der Waals surface area contributed by atoms with E-state index in [4.69, 9.17) is 4.74 Å². The van der Waals surface area contributed by atoms with Crippen LogP contribution in [0, 0.1) is 28.6 Å². The van der Waals surface area contributed by atoms with Crippen LogP contribution in [0.5, 0.6) is 0 Å². The highest BCUT2D eigenvalue weighted by molar-refractivity contribution is 5.99. The fourth-order valence-corrected chi connectivity index (χ4v) is 6.34. The summed E-state index contributed by atoms with van der Waals surface area (Å²) in [5.41, 5.74) is 3.82. The van der Waals surface area contributed by atoms with Gasteiger partial charge in [-0.2, -0.15) is 10.5 Å². The summed E-state index contributed by atoms with van der Waals surface area (Å²) in [6, 6.07) is 29.4. The van der Waals surface area contributed by atoms with Gasteiger partial charge in [-0.05, 0) is 51.0 Å². The number of rotatable bonds is 4. The highest BCUT2D eigenvalue weighted by atomic mass is 16.5. The van der Waals surface area contributed by atoms with Gasteiger partial charge in [0.05, 0.1) is 29.4 Å². The van der Waals surface area contributed by atoms with E-state index in [-0.39, 0.29) is 6.61 Å². The van der Waals surface area contributed by atoms with Gasteiger partial charge in [-0.3, -0.25) is 0 Å². The van der Waals surface area contributed by atoms with Crippen molar-refractivity contribution in [2.75, 3.05) is 36.6 Å². The molecule has 4 unspecified atom stereocenters. The molecule has 1 N–H and O–H groups in total. The molecule has 2 saturated heterocycles. The maximum Gasteiger partial charge on any atom is 0.0998 e. The number of nitriles is 2. The minimum Gasteiger partial charge on any atom is -0.396 e. The van der Waals surface area contributed by atoms with Gasteiger partial charge in [0.25, 0.3) is 0 Å². The van der Waals surface area contributed by atoms with Crippen LogP contribution in [0.2, 0.25) is 0 Å². The number of benzene rings is 4. The van der Waals surface area contributed by atoms with E-state index in [0.717, 1.165) is 58.6 Å². The van der Waals surface area contributed by atoms with Gasteiger partial charge in [-0.15, -0.1) is 0 Å². The van der Waals surface area contributed by atoms with Crippen molar-refractivity contribution in [3.8, 4) is 12.1 Å². The summed E-state index contributed by atoms with van der Waals surface area (Å²) in [7, 11) is 1.78. The first-order valence-corrected chi connectivity index (χ1v) is 14.0. The third kappa shape index (κ3) is 5.09. The monoisotopic (exact) mass is 532 g/mol. The van der Waals surface area contributed by atoms with E-state index in [0.29, 0.717) is 24.1 Å². The summed E-state index contributed by atoms with van der Waals surface area (Å²) >= 11 is 0. The fraction of sp³-hybridized carbons (Fsp3) is 0.353. The maximum absolute atomic E-state index is 9.43. The van der Waals surface area contributed by atoms with Gasteiger partial charge in [0.15, 0.2) is 0 Å². The zero-order valence-corrected chi connectivity index (χ0v) is 23.4. The van der Waals surface area contributed by atoms with Crippen molar-refractivity contribution >= 4 is 32.9 Å². The summed E-state index contributed by atoms with van der Waals surface area (Å²) in [5.74, 6) is 0.337. The molecule has 2 aliphatic rings. The van der Waals surface area contributed by atoms with E-state index >= 15 is 0 Å². The van der Waals surface area contributed by atoms with E-state index < -0.39 is 0 Å². The molecule has 0 aliphatic carbocycles. The van der Waals surface area contributed by atoms with Crippen LogP contribution in [-0.4, -0.2) is 50.1 Å². The minimum absolute atomic E-state index is 0.242. The molecule has 4 atom stereocenters. The van der Waals surface area contributed by atoms with Crippen LogP contribution < -0.4 is 9.80 Å². The summed E-state index contributed by atoms with van der Waals surface area (Å²) in [4.78, 5) is 4.74. The van der Waals surface area contributed by atoms with Crippen LogP contribution in [0.15, 0.2) is 72.8 Å². The molecule has 2 aliphatic heterocycles. The molecule has 2 heterocycles. The number of aliphatic hydroxyl groups excluding tert-OH is 1. The average molecular weight is 533 g/mol. The number of hydrogen-bond acceptors (Lipinski definition) is 6. The van der Waals surface area contributed by atoms with Gasteiger partial charge in [0, 0.05) is 77.7 Å². The molecule has 6 nitrogen and oxygen atoms in total. The molecular weight excluding hydrogens is 496 g/mol. The molecule has 6 heteroatoms. The SMILES string of the molecule is CC1C(CO)CCN1c1ccc(C#N)c2ccccc12.COC1CC(C)N(c2ccc(C#N)c3ccccc23)C1. The van der Waals surface area contributed by atoms with Gasteiger partial charge in [0.2, 0.25) is 0 Å². The summed E-state index contributed by atoms with van der Waals surface area (Å²) < 4.78 is 5.50. The Bertz CT molecular complexity index is 1490. The average Bonchev–Trinajstić information content (AvgIpc) is 3.57. The van der Waals surface area contributed by atoms with E-state index in [1.54, 1.807) is 7.11 Å². The molecule has 40 heavy (non-hydrogen) atoms. The van der Waals surface area contributed by atoms with Crippen molar-refractivity contribution in [2.24, 2.45) is 5.92 Å². The first-order valence-electron chi connectivity index (χ1n) is 14.0. The molecule has 2 fully saturated rings. The molecule has 204 valence electrons. The third-order valence-corrected chi connectivity index (χ3v) is 8.68. The normalized spacial score (nSPS) is 22.1. The number of anilines is 2. The largest absolute Gasteiger partial charge is 0.396 e. The quantitative estimate of drug-likeness (QED) is 0.335. The first kappa shape index (κ1) is 27.5. The second-order valence-electron chi connectivity index (χ2n) is 10.8. The predicted octanol–water partition coefficient (Wildman–Crippen LogP) is 6.24. The number of fused-ring (bicyclic) bond motifs is 2. The zero-order valence-electron chi connectivity index (χ0n) is 23.4. The third-order valence-electron chi connectivity index (χ3n) is 8.68. The Labute approximate surface area is 236 Å². The second-order valence-corrected chi connectivity index (χ2v) is 10.8. The highest BCUT2D eigenvalue weighted by Crippen LogP contribution is 2.36. The topological polar surface area (TPSA) is 83.5 Å². The molecule has 6 rings (SSSR count).